The number of benzene rings is 1. The third-order valence-corrected chi connectivity index (χ3v) is 3.63. The van der Waals surface area contributed by atoms with Crippen LogP contribution < -0.4 is 0 Å². The molecule has 5 heteroatoms. The molecule has 0 N–H and O–H groups in total. The summed E-state index contributed by atoms with van der Waals surface area (Å²) in [7, 11) is 1.80. The van der Waals surface area contributed by atoms with E-state index in [0.29, 0.717) is 6.54 Å². The lowest BCUT2D eigenvalue weighted by atomic mass is 10.0. The van der Waals surface area contributed by atoms with Crippen LogP contribution in [0.25, 0.3) is 0 Å². The molecule has 2 aromatic rings. The molecule has 0 radical (unpaired) electrons. The van der Waals surface area contributed by atoms with E-state index in [1.165, 1.54) is 6.07 Å². The first kappa shape index (κ1) is 15.4. The highest BCUT2D eigenvalue weighted by Gasteiger charge is 2.21. The second-order valence-electron chi connectivity index (χ2n) is 5.09. The van der Waals surface area contributed by atoms with E-state index in [0.717, 1.165) is 23.5 Å². The Kier molecular flexibility index (Phi) is 4.53. The van der Waals surface area contributed by atoms with Gasteiger partial charge in [0.25, 0.3) is 0 Å². The van der Waals surface area contributed by atoms with Gasteiger partial charge in [-0.05, 0) is 45.2 Å². The minimum absolute atomic E-state index is 0.164. The van der Waals surface area contributed by atoms with Gasteiger partial charge in [-0.2, -0.15) is 0 Å². The average Bonchev–Trinajstić information content (AvgIpc) is 2.85. The number of carbonyl (C=O) groups is 1. The summed E-state index contributed by atoms with van der Waals surface area (Å²) in [5, 5.41) is 0. The lowest BCUT2D eigenvalue weighted by Crippen LogP contribution is -2.35. The second-order valence-corrected chi connectivity index (χ2v) is 5.09. The molecule has 1 atom stereocenters. The molecule has 3 nitrogen and oxygen atoms in total. The number of rotatable bonds is 5. The summed E-state index contributed by atoms with van der Waals surface area (Å²) >= 11 is 0. The van der Waals surface area contributed by atoms with E-state index >= 15 is 0 Å². The summed E-state index contributed by atoms with van der Waals surface area (Å²) in [6.07, 6.45) is 1.60. The number of aryl methyl sites for hydroxylation is 1. The molecular formula is C16H17F2NO2. The van der Waals surface area contributed by atoms with Gasteiger partial charge in [-0.3, -0.25) is 9.69 Å². The zero-order chi connectivity index (χ0) is 15.6. The number of halogens is 2. The lowest BCUT2D eigenvalue weighted by Gasteiger charge is -2.23. The van der Waals surface area contributed by atoms with Crippen molar-refractivity contribution >= 4 is 5.78 Å². The Morgan fingerprint density at radius 2 is 2.00 bits per heavy atom. The Labute approximate surface area is 122 Å². The van der Waals surface area contributed by atoms with Crippen LogP contribution in [0.5, 0.6) is 0 Å². The average molecular weight is 293 g/mol. The van der Waals surface area contributed by atoms with Crippen LogP contribution in [0, 0.1) is 18.6 Å². The summed E-state index contributed by atoms with van der Waals surface area (Å²) in [6, 6.07) is 4.60. The highest BCUT2D eigenvalue weighted by Crippen LogP contribution is 2.16. The largest absolute Gasteiger partial charge is 0.469 e. The van der Waals surface area contributed by atoms with Crippen molar-refractivity contribution in [3.8, 4) is 0 Å². The van der Waals surface area contributed by atoms with E-state index in [2.05, 4.69) is 0 Å². The normalized spacial score (nSPS) is 12.7. The fraction of sp³-hybridized carbons (Fsp3) is 0.312. The predicted octanol–water partition coefficient (Wildman–Crippen LogP) is 3.57. The van der Waals surface area contributed by atoms with Crippen LogP contribution in [0.15, 0.2) is 34.9 Å². The quantitative estimate of drug-likeness (QED) is 0.790. The molecule has 1 aromatic heterocycles. The molecule has 0 aliphatic carbocycles. The highest BCUT2D eigenvalue weighted by molar-refractivity contribution is 5.99. The van der Waals surface area contributed by atoms with E-state index in [9.17, 15) is 13.6 Å². The smallest absolute Gasteiger partial charge is 0.179 e. The number of ketones is 1. The van der Waals surface area contributed by atoms with Gasteiger partial charge in [0, 0.05) is 17.7 Å². The Bertz CT molecular complexity index is 651. The van der Waals surface area contributed by atoms with Crippen LogP contribution in [0.1, 0.15) is 28.6 Å². The molecule has 0 amide bonds. The molecule has 1 aromatic carbocycles. The number of hydrogen-bond acceptors (Lipinski definition) is 3. The molecule has 1 heterocycles. The molecule has 2 rings (SSSR count). The molecule has 0 saturated heterocycles. The summed E-state index contributed by atoms with van der Waals surface area (Å²) in [5.74, 6) is -1.42. The number of likely N-dealkylation sites (N-methyl/N-ethyl adjacent to an activating group) is 1. The number of nitrogens with zero attached hydrogens (tertiary/aromatic N) is 1. The van der Waals surface area contributed by atoms with Crippen molar-refractivity contribution in [2.24, 2.45) is 0 Å². The molecule has 0 saturated carbocycles. The lowest BCUT2D eigenvalue weighted by molar-refractivity contribution is 0.0861. The van der Waals surface area contributed by atoms with E-state index < -0.39 is 17.7 Å². The Hall–Kier alpha value is -2.01. The molecule has 1 unspecified atom stereocenters. The van der Waals surface area contributed by atoms with E-state index in [-0.39, 0.29) is 11.3 Å². The number of Topliss-reactive ketones (excluding diaryl/α,β-unsaturated/α-hetero) is 1. The van der Waals surface area contributed by atoms with Crippen molar-refractivity contribution in [2.45, 2.75) is 26.4 Å². The van der Waals surface area contributed by atoms with Gasteiger partial charge in [-0.25, -0.2) is 8.78 Å². The van der Waals surface area contributed by atoms with Crippen LogP contribution in [-0.2, 0) is 6.54 Å². The molecule has 0 aliphatic heterocycles. The highest BCUT2D eigenvalue weighted by atomic mass is 19.2. The van der Waals surface area contributed by atoms with Crippen molar-refractivity contribution < 1.29 is 18.0 Å². The van der Waals surface area contributed by atoms with Gasteiger partial charge in [0.15, 0.2) is 17.4 Å². The van der Waals surface area contributed by atoms with Gasteiger partial charge in [-0.15, -0.1) is 0 Å². The monoisotopic (exact) mass is 293 g/mol. The van der Waals surface area contributed by atoms with Gasteiger partial charge in [0.1, 0.15) is 5.76 Å². The first-order chi connectivity index (χ1) is 9.90. The standard InChI is InChI=1S/C16H17F2NO2/c1-10(19(3)9-13-6-7-21-11(13)2)16(20)12-4-5-14(17)15(18)8-12/h4-8,10H,9H2,1-3H3. The van der Waals surface area contributed by atoms with Gasteiger partial charge in [0.05, 0.1) is 12.3 Å². The molecule has 0 bridgehead atoms. The van der Waals surface area contributed by atoms with Crippen molar-refractivity contribution in [3.63, 3.8) is 0 Å². The fourth-order valence-corrected chi connectivity index (χ4v) is 2.07. The molecule has 112 valence electrons. The molecular weight excluding hydrogens is 276 g/mol. The zero-order valence-corrected chi connectivity index (χ0v) is 12.2. The third kappa shape index (κ3) is 3.36. The number of carbonyl (C=O) groups excluding carboxylic acids is 1. The van der Waals surface area contributed by atoms with Crippen LogP contribution in [0.4, 0.5) is 8.78 Å². The first-order valence-electron chi connectivity index (χ1n) is 6.62. The van der Waals surface area contributed by atoms with Crippen molar-refractivity contribution in [3.05, 3.63) is 59.1 Å². The van der Waals surface area contributed by atoms with Crippen LogP contribution in [0.2, 0.25) is 0 Å². The third-order valence-electron chi connectivity index (χ3n) is 3.63. The Morgan fingerprint density at radius 3 is 2.57 bits per heavy atom. The fourth-order valence-electron chi connectivity index (χ4n) is 2.07. The summed E-state index contributed by atoms with van der Waals surface area (Å²) in [6.45, 7) is 4.13. The molecule has 0 aliphatic rings. The van der Waals surface area contributed by atoms with Gasteiger partial charge in [-0.1, -0.05) is 0 Å². The molecule has 21 heavy (non-hydrogen) atoms. The minimum atomic E-state index is -1.01. The minimum Gasteiger partial charge on any atom is -0.469 e. The second kappa shape index (κ2) is 6.18. The SMILES string of the molecule is Cc1occc1CN(C)C(C)C(=O)c1ccc(F)c(F)c1. The zero-order valence-electron chi connectivity index (χ0n) is 12.2. The van der Waals surface area contributed by atoms with Crippen LogP contribution >= 0.6 is 0 Å². The number of furan rings is 1. The number of hydrogen-bond donors (Lipinski definition) is 0. The predicted molar refractivity (Wildman–Crippen MR) is 75.1 cm³/mol. The van der Waals surface area contributed by atoms with Gasteiger partial charge in [0.2, 0.25) is 0 Å². The van der Waals surface area contributed by atoms with Crippen molar-refractivity contribution in [1.29, 1.82) is 0 Å². The van der Waals surface area contributed by atoms with Crippen LogP contribution in [0.3, 0.4) is 0 Å². The Morgan fingerprint density at radius 1 is 1.29 bits per heavy atom. The van der Waals surface area contributed by atoms with Crippen molar-refractivity contribution in [1.82, 2.24) is 4.90 Å². The molecule has 0 fully saturated rings. The van der Waals surface area contributed by atoms with Crippen LogP contribution in [-0.4, -0.2) is 23.8 Å². The maximum Gasteiger partial charge on any atom is 0.179 e. The van der Waals surface area contributed by atoms with Crippen molar-refractivity contribution in [2.75, 3.05) is 7.05 Å². The van der Waals surface area contributed by atoms with E-state index in [1.807, 2.05) is 17.9 Å². The molecule has 0 spiro atoms. The summed E-state index contributed by atoms with van der Waals surface area (Å²) in [5.41, 5.74) is 1.15. The summed E-state index contributed by atoms with van der Waals surface area (Å²) < 4.78 is 31.3. The maximum absolute atomic E-state index is 13.2. The Balaban J connectivity index is 2.11. The van der Waals surface area contributed by atoms with Gasteiger partial charge < -0.3 is 4.42 Å². The van der Waals surface area contributed by atoms with E-state index in [1.54, 1.807) is 20.2 Å². The first-order valence-corrected chi connectivity index (χ1v) is 6.62. The summed E-state index contributed by atoms with van der Waals surface area (Å²) in [4.78, 5) is 14.1. The van der Waals surface area contributed by atoms with Gasteiger partial charge >= 0.3 is 0 Å². The van der Waals surface area contributed by atoms with E-state index in [4.69, 9.17) is 4.42 Å². The maximum atomic E-state index is 13.2. The topological polar surface area (TPSA) is 33.5 Å².